The molecular formula is C19H25N3OS. The summed E-state index contributed by atoms with van der Waals surface area (Å²) in [6.07, 6.45) is 5.45. The van der Waals surface area contributed by atoms with Crippen LogP contribution in [0, 0.1) is 5.92 Å². The Kier molecular flexibility index (Phi) is 5.63. The quantitative estimate of drug-likeness (QED) is 0.870. The average molecular weight is 343 g/mol. The lowest BCUT2D eigenvalue weighted by molar-refractivity contribution is 0.0905. The second-order valence-electron chi connectivity index (χ2n) is 6.71. The van der Waals surface area contributed by atoms with Crippen molar-refractivity contribution in [2.45, 2.75) is 51.1 Å². The lowest BCUT2D eigenvalue weighted by Gasteiger charge is -2.29. The van der Waals surface area contributed by atoms with Crippen LogP contribution in [0.5, 0.6) is 0 Å². The van der Waals surface area contributed by atoms with E-state index in [-0.39, 0.29) is 18.0 Å². The first kappa shape index (κ1) is 17.1. The van der Waals surface area contributed by atoms with E-state index in [1.54, 1.807) is 0 Å². The molecule has 24 heavy (non-hydrogen) atoms. The van der Waals surface area contributed by atoms with Crippen molar-refractivity contribution in [1.29, 1.82) is 0 Å². The number of carbonyl (C=O) groups is 1. The Morgan fingerprint density at radius 2 is 2.08 bits per heavy atom. The summed E-state index contributed by atoms with van der Waals surface area (Å²) in [6, 6.07) is 10.2. The molecule has 1 aromatic heterocycles. The van der Waals surface area contributed by atoms with Gasteiger partial charge in [-0.25, -0.2) is 4.98 Å². The Morgan fingerprint density at radius 1 is 1.33 bits per heavy atom. The standard InChI is InChI=1S/C19H25N3OS/c1-13-7-5-6-10-16(13)21-18(23)17-12-24-19(22-17)15(20)11-14-8-3-2-4-9-14/h2-4,8-9,12-13,15-16H,5-7,10-11,20H2,1H3,(H,21,23). The fraction of sp³-hybridized carbons (Fsp3) is 0.474. The second kappa shape index (κ2) is 7.90. The van der Waals surface area contributed by atoms with Crippen LogP contribution < -0.4 is 11.1 Å². The van der Waals surface area contributed by atoms with Crippen LogP contribution >= 0.6 is 11.3 Å². The highest BCUT2D eigenvalue weighted by molar-refractivity contribution is 7.09. The van der Waals surface area contributed by atoms with Crippen molar-refractivity contribution in [2.24, 2.45) is 11.7 Å². The summed E-state index contributed by atoms with van der Waals surface area (Å²) in [5.74, 6) is 0.476. The number of aromatic nitrogens is 1. The molecule has 1 amide bonds. The fourth-order valence-corrected chi connectivity index (χ4v) is 4.09. The van der Waals surface area contributed by atoms with E-state index in [1.165, 1.54) is 36.2 Å². The van der Waals surface area contributed by atoms with Crippen molar-refractivity contribution >= 4 is 17.2 Å². The van der Waals surface area contributed by atoms with Crippen LogP contribution in [0.25, 0.3) is 0 Å². The normalized spacial score (nSPS) is 22.1. The van der Waals surface area contributed by atoms with E-state index in [0.29, 0.717) is 11.6 Å². The summed E-state index contributed by atoms with van der Waals surface area (Å²) in [7, 11) is 0. The molecule has 4 nitrogen and oxygen atoms in total. The molecular weight excluding hydrogens is 318 g/mol. The van der Waals surface area contributed by atoms with Gasteiger partial charge in [0.25, 0.3) is 5.91 Å². The van der Waals surface area contributed by atoms with E-state index < -0.39 is 0 Å². The van der Waals surface area contributed by atoms with Crippen molar-refractivity contribution < 1.29 is 4.79 Å². The Balaban J connectivity index is 1.61. The minimum Gasteiger partial charge on any atom is -0.348 e. The number of rotatable bonds is 5. The molecule has 3 rings (SSSR count). The van der Waals surface area contributed by atoms with E-state index in [9.17, 15) is 4.79 Å². The number of nitrogens with zero attached hydrogens (tertiary/aromatic N) is 1. The van der Waals surface area contributed by atoms with Gasteiger partial charge in [-0.2, -0.15) is 0 Å². The van der Waals surface area contributed by atoms with Gasteiger partial charge < -0.3 is 11.1 Å². The average Bonchev–Trinajstić information content (AvgIpc) is 3.08. The van der Waals surface area contributed by atoms with Crippen molar-refractivity contribution in [3.8, 4) is 0 Å². The summed E-state index contributed by atoms with van der Waals surface area (Å²) < 4.78 is 0. The first-order valence-corrected chi connectivity index (χ1v) is 9.57. The van der Waals surface area contributed by atoms with Crippen LogP contribution in [0.4, 0.5) is 0 Å². The van der Waals surface area contributed by atoms with E-state index in [4.69, 9.17) is 5.73 Å². The van der Waals surface area contributed by atoms with Gasteiger partial charge in [0.05, 0.1) is 6.04 Å². The Hall–Kier alpha value is -1.72. The zero-order chi connectivity index (χ0) is 16.9. The molecule has 0 aliphatic heterocycles. The first-order chi connectivity index (χ1) is 11.6. The zero-order valence-corrected chi connectivity index (χ0v) is 14.9. The number of hydrogen-bond acceptors (Lipinski definition) is 4. The van der Waals surface area contributed by atoms with Crippen LogP contribution in [0.15, 0.2) is 35.7 Å². The molecule has 0 bridgehead atoms. The molecule has 0 saturated heterocycles. The molecule has 128 valence electrons. The summed E-state index contributed by atoms with van der Waals surface area (Å²) in [5, 5.41) is 5.79. The molecule has 1 fully saturated rings. The molecule has 3 atom stereocenters. The number of nitrogens with one attached hydrogen (secondary N) is 1. The molecule has 1 heterocycles. The number of nitrogens with two attached hydrogens (primary N) is 1. The van der Waals surface area contributed by atoms with E-state index in [2.05, 4.69) is 29.4 Å². The largest absolute Gasteiger partial charge is 0.348 e. The molecule has 1 saturated carbocycles. The van der Waals surface area contributed by atoms with Gasteiger partial charge in [-0.3, -0.25) is 4.79 Å². The predicted molar refractivity (Wildman–Crippen MR) is 98.1 cm³/mol. The minimum atomic E-state index is -0.174. The van der Waals surface area contributed by atoms with Crippen molar-refractivity contribution in [3.63, 3.8) is 0 Å². The molecule has 1 aromatic carbocycles. The number of carbonyl (C=O) groups excluding carboxylic acids is 1. The lowest BCUT2D eigenvalue weighted by atomic mass is 9.86. The maximum Gasteiger partial charge on any atom is 0.270 e. The van der Waals surface area contributed by atoms with Gasteiger partial charge in [-0.15, -0.1) is 11.3 Å². The second-order valence-corrected chi connectivity index (χ2v) is 7.60. The fourth-order valence-electron chi connectivity index (χ4n) is 3.29. The first-order valence-electron chi connectivity index (χ1n) is 8.69. The Labute approximate surface area is 147 Å². The van der Waals surface area contributed by atoms with Crippen LogP contribution in [0.2, 0.25) is 0 Å². The molecule has 2 aromatic rings. The minimum absolute atomic E-state index is 0.0665. The molecule has 3 N–H and O–H groups in total. The molecule has 3 unspecified atom stereocenters. The number of benzene rings is 1. The summed E-state index contributed by atoms with van der Waals surface area (Å²) in [4.78, 5) is 16.9. The maximum absolute atomic E-state index is 12.4. The third kappa shape index (κ3) is 4.22. The van der Waals surface area contributed by atoms with E-state index >= 15 is 0 Å². The zero-order valence-electron chi connectivity index (χ0n) is 14.1. The molecule has 0 radical (unpaired) electrons. The van der Waals surface area contributed by atoms with Crippen LogP contribution in [0.1, 0.15) is 59.7 Å². The van der Waals surface area contributed by atoms with Crippen molar-refractivity contribution in [1.82, 2.24) is 10.3 Å². The van der Waals surface area contributed by atoms with Gasteiger partial charge in [0, 0.05) is 11.4 Å². The number of amides is 1. The highest BCUT2D eigenvalue weighted by Crippen LogP contribution is 2.25. The smallest absolute Gasteiger partial charge is 0.270 e. The monoisotopic (exact) mass is 343 g/mol. The molecule has 0 spiro atoms. The van der Waals surface area contributed by atoms with E-state index in [0.717, 1.165) is 17.8 Å². The van der Waals surface area contributed by atoms with Crippen molar-refractivity contribution in [2.75, 3.05) is 0 Å². The Bertz CT molecular complexity index is 670. The summed E-state index contributed by atoms with van der Waals surface area (Å²) in [6.45, 7) is 2.21. The molecule has 1 aliphatic carbocycles. The van der Waals surface area contributed by atoms with E-state index in [1.807, 2.05) is 23.6 Å². The van der Waals surface area contributed by atoms with Gasteiger partial charge in [0.2, 0.25) is 0 Å². The highest BCUT2D eigenvalue weighted by atomic mass is 32.1. The lowest BCUT2D eigenvalue weighted by Crippen LogP contribution is -2.41. The topological polar surface area (TPSA) is 68.0 Å². The van der Waals surface area contributed by atoms with Gasteiger partial charge in [0.15, 0.2) is 0 Å². The summed E-state index contributed by atoms with van der Waals surface area (Å²) in [5.41, 5.74) is 7.94. The van der Waals surface area contributed by atoms with Gasteiger partial charge >= 0.3 is 0 Å². The third-order valence-electron chi connectivity index (χ3n) is 4.80. The maximum atomic E-state index is 12.4. The predicted octanol–water partition coefficient (Wildman–Crippen LogP) is 3.69. The number of thiazole rings is 1. The highest BCUT2D eigenvalue weighted by Gasteiger charge is 2.24. The summed E-state index contributed by atoms with van der Waals surface area (Å²) >= 11 is 1.47. The third-order valence-corrected chi connectivity index (χ3v) is 5.77. The molecule has 5 heteroatoms. The van der Waals surface area contributed by atoms with Crippen LogP contribution in [0.3, 0.4) is 0 Å². The van der Waals surface area contributed by atoms with Crippen molar-refractivity contribution in [3.05, 3.63) is 52.0 Å². The van der Waals surface area contributed by atoms with Gasteiger partial charge in [-0.1, -0.05) is 50.1 Å². The molecule has 1 aliphatic rings. The van der Waals surface area contributed by atoms with Crippen LogP contribution in [-0.2, 0) is 6.42 Å². The Morgan fingerprint density at radius 3 is 2.83 bits per heavy atom. The van der Waals surface area contributed by atoms with Gasteiger partial charge in [0.1, 0.15) is 10.7 Å². The van der Waals surface area contributed by atoms with Crippen LogP contribution in [-0.4, -0.2) is 16.9 Å². The SMILES string of the molecule is CC1CCCCC1NC(=O)c1csc(C(N)Cc2ccccc2)n1. The number of hydrogen-bond donors (Lipinski definition) is 2. The van der Waals surface area contributed by atoms with Gasteiger partial charge in [-0.05, 0) is 30.7 Å².